The van der Waals surface area contributed by atoms with E-state index in [2.05, 4.69) is 24.5 Å². The van der Waals surface area contributed by atoms with Crippen LogP contribution in [0.4, 0.5) is 0 Å². The Kier molecular flexibility index (Phi) is 6.29. The normalized spacial score (nSPS) is 35.9. The Morgan fingerprint density at radius 3 is 2.64 bits per heavy atom. The van der Waals surface area contributed by atoms with E-state index < -0.39 is 22.6 Å². The fourth-order valence-corrected chi connectivity index (χ4v) is 7.76. The molecule has 2 unspecified atom stereocenters. The second-order valence-electron chi connectivity index (χ2n) is 8.45. The summed E-state index contributed by atoms with van der Waals surface area (Å²) in [4.78, 5) is 41.1. The number of hydrogen-bond donors (Lipinski definition) is 3. The molecule has 5 atom stereocenters. The summed E-state index contributed by atoms with van der Waals surface area (Å²) in [5, 5.41) is 14.9. The lowest BCUT2D eigenvalue weighted by Crippen LogP contribution is -2.54. The number of nitrogens with zero attached hydrogens (tertiary/aromatic N) is 1. The number of thioether (sulfide) groups is 1. The van der Waals surface area contributed by atoms with Gasteiger partial charge in [-0.3, -0.25) is 14.4 Å². The Hall–Kier alpha value is -1.28. The fourth-order valence-electron chi connectivity index (χ4n) is 5.40. The van der Waals surface area contributed by atoms with Crippen molar-refractivity contribution in [3.05, 3.63) is 0 Å². The molecule has 3 aliphatic rings. The fraction of sp³-hybridized carbons (Fsp3) is 0.850. The van der Waals surface area contributed by atoms with Gasteiger partial charge in [0.1, 0.15) is 6.04 Å². The summed E-state index contributed by atoms with van der Waals surface area (Å²) in [6.07, 6.45) is 4.75. The van der Waals surface area contributed by atoms with E-state index in [1.807, 2.05) is 0 Å². The van der Waals surface area contributed by atoms with Crippen LogP contribution in [0.2, 0.25) is 0 Å². The van der Waals surface area contributed by atoms with Crippen LogP contribution in [0.3, 0.4) is 0 Å². The van der Waals surface area contributed by atoms with E-state index in [9.17, 15) is 14.4 Å². The van der Waals surface area contributed by atoms with Gasteiger partial charge in [0.15, 0.2) is 0 Å². The molecule has 28 heavy (non-hydrogen) atoms. The zero-order valence-electron chi connectivity index (χ0n) is 17.1. The third kappa shape index (κ3) is 3.22. The van der Waals surface area contributed by atoms with Gasteiger partial charge in [0, 0.05) is 31.5 Å². The first kappa shape index (κ1) is 21.4. The van der Waals surface area contributed by atoms with Gasteiger partial charge < -0.3 is 20.6 Å². The van der Waals surface area contributed by atoms with Gasteiger partial charge in [-0.05, 0) is 39.0 Å². The first-order chi connectivity index (χ1) is 13.4. The van der Waals surface area contributed by atoms with Crippen molar-refractivity contribution >= 4 is 29.5 Å². The van der Waals surface area contributed by atoms with Crippen LogP contribution >= 0.6 is 11.8 Å². The van der Waals surface area contributed by atoms with Crippen LogP contribution in [-0.4, -0.2) is 70.0 Å². The molecule has 0 aromatic carbocycles. The lowest BCUT2D eigenvalue weighted by Gasteiger charge is -2.34. The molecule has 0 saturated carbocycles. The average Bonchev–Trinajstić information content (AvgIpc) is 3.23. The van der Waals surface area contributed by atoms with Crippen molar-refractivity contribution < 1.29 is 19.5 Å². The van der Waals surface area contributed by atoms with Crippen LogP contribution in [0, 0.1) is 11.8 Å². The van der Waals surface area contributed by atoms with E-state index in [0.717, 1.165) is 25.7 Å². The van der Waals surface area contributed by atoms with Crippen LogP contribution in [-0.2, 0) is 14.4 Å². The molecule has 3 saturated heterocycles. The van der Waals surface area contributed by atoms with Gasteiger partial charge in [-0.2, -0.15) is 0 Å². The van der Waals surface area contributed by atoms with Crippen LogP contribution in [0.25, 0.3) is 0 Å². The van der Waals surface area contributed by atoms with Crippen molar-refractivity contribution in [2.45, 2.75) is 67.9 Å². The minimum atomic E-state index is -0.540. The van der Waals surface area contributed by atoms with Gasteiger partial charge in [0.25, 0.3) is 0 Å². The zero-order valence-corrected chi connectivity index (χ0v) is 17.9. The molecule has 0 aromatic heterocycles. The van der Waals surface area contributed by atoms with Gasteiger partial charge in [0.2, 0.25) is 17.7 Å². The van der Waals surface area contributed by atoms with E-state index in [4.69, 9.17) is 5.11 Å². The molecule has 3 aliphatic heterocycles. The molecular weight excluding hydrogens is 378 g/mol. The monoisotopic (exact) mass is 411 g/mol. The Morgan fingerprint density at radius 2 is 2.00 bits per heavy atom. The summed E-state index contributed by atoms with van der Waals surface area (Å²) in [6.45, 7) is 5.26. The lowest BCUT2D eigenvalue weighted by atomic mass is 9.66. The quantitative estimate of drug-likeness (QED) is 0.490. The lowest BCUT2D eigenvalue weighted by molar-refractivity contribution is -0.140. The minimum Gasteiger partial charge on any atom is -0.396 e. The number of rotatable bonds is 9. The molecule has 3 N–H and O–H groups in total. The Bertz CT molecular complexity index is 645. The highest BCUT2D eigenvalue weighted by atomic mass is 32.2. The average molecular weight is 412 g/mol. The van der Waals surface area contributed by atoms with E-state index >= 15 is 0 Å². The van der Waals surface area contributed by atoms with Gasteiger partial charge in [-0.25, -0.2) is 0 Å². The van der Waals surface area contributed by atoms with Crippen LogP contribution < -0.4 is 10.6 Å². The predicted molar refractivity (Wildman–Crippen MR) is 109 cm³/mol. The highest BCUT2D eigenvalue weighted by molar-refractivity contribution is 8.02. The maximum absolute atomic E-state index is 13.5. The van der Waals surface area contributed by atoms with E-state index in [1.54, 1.807) is 23.7 Å². The van der Waals surface area contributed by atoms with Crippen molar-refractivity contribution in [1.82, 2.24) is 15.5 Å². The number of unbranched alkanes of at least 4 members (excludes halogenated alkanes) is 2. The Labute approximate surface area is 171 Å². The van der Waals surface area contributed by atoms with Crippen molar-refractivity contribution in [2.24, 2.45) is 11.8 Å². The third-order valence-electron chi connectivity index (χ3n) is 6.69. The van der Waals surface area contributed by atoms with Crippen molar-refractivity contribution in [1.29, 1.82) is 0 Å². The van der Waals surface area contributed by atoms with Crippen LogP contribution in [0.1, 0.15) is 52.4 Å². The first-order valence-corrected chi connectivity index (χ1v) is 11.3. The Balaban J connectivity index is 1.94. The maximum Gasteiger partial charge on any atom is 0.244 e. The van der Waals surface area contributed by atoms with Crippen molar-refractivity contribution in [3.63, 3.8) is 0 Å². The molecule has 0 radical (unpaired) electrons. The number of likely N-dealkylation sites (tertiary alicyclic amines) is 1. The van der Waals surface area contributed by atoms with Gasteiger partial charge in [-0.1, -0.05) is 13.3 Å². The molecule has 3 fully saturated rings. The number of amides is 3. The van der Waals surface area contributed by atoms with Gasteiger partial charge in [0.05, 0.1) is 16.6 Å². The number of aliphatic hydroxyl groups excluding tert-OH is 1. The molecule has 2 bridgehead atoms. The van der Waals surface area contributed by atoms with Crippen LogP contribution in [0.15, 0.2) is 0 Å². The zero-order chi connectivity index (χ0) is 20.5. The molecule has 158 valence electrons. The van der Waals surface area contributed by atoms with E-state index in [0.29, 0.717) is 25.9 Å². The molecule has 1 spiro atoms. The number of carbonyl (C=O) groups is 3. The predicted octanol–water partition coefficient (Wildman–Crippen LogP) is 0.903. The summed E-state index contributed by atoms with van der Waals surface area (Å²) in [5.74, 6) is -1.12. The smallest absolute Gasteiger partial charge is 0.244 e. The summed E-state index contributed by atoms with van der Waals surface area (Å²) >= 11 is 1.69. The second kappa shape index (κ2) is 8.22. The van der Waals surface area contributed by atoms with Crippen molar-refractivity contribution in [2.75, 3.05) is 26.7 Å². The first-order valence-electron chi connectivity index (χ1n) is 10.5. The number of hydrogen-bond acceptors (Lipinski definition) is 5. The maximum atomic E-state index is 13.5. The third-order valence-corrected chi connectivity index (χ3v) is 8.68. The molecule has 3 heterocycles. The molecule has 3 rings (SSSR count). The number of nitrogens with one attached hydrogen (secondary N) is 2. The summed E-state index contributed by atoms with van der Waals surface area (Å²) in [6, 6.07) is -0.540. The topological polar surface area (TPSA) is 98.7 Å². The highest BCUT2D eigenvalue weighted by Crippen LogP contribution is 2.71. The molecule has 3 amide bonds. The summed E-state index contributed by atoms with van der Waals surface area (Å²) < 4.78 is -0.835. The number of aliphatic hydroxyl groups is 1. The standard InChI is InChI=1S/C20H33N3O4S/c1-4-5-10-22-17(26)15-20-9-8-19(2,28-20)13(16(25)21-3)14(20)18(27)23(15)11-6-7-12-24/h13-15,24H,4-12H2,1-3H3,(H,21,25)(H,22,26)/t13-,14+,15?,19+,20?/m1/s1. The summed E-state index contributed by atoms with van der Waals surface area (Å²) in [7, 11) is 1.61. The largest absolute Gasteiger partial charge is 0.396 e. The van der Waals surface area contributed by atoms with E-state index in [1.165, 1.54) is 0 Å². The van der Waals surface area contributed by atoms with E-state index in [-0.39, 0.29) is 29.1 Å². The molecule has 0 aliphatic carbocycles. The van der Waals surface area contributed by atoms with Gasteiger partial charge in [-0.15, -0.1) is 11.8 Å². The van der Waals surface area contributed by atoms with Crippen LogP contribution in [0.5, 0.6) is 0 Å². The minimum absolute atomic E-state index is 0.0671. The number of carbonyl (C=O) groups excluding carboxylic acids is 3. The highest BCUT2D eigenvalue weighted by Gasteiger charge is 2.76. The summed E-state index contributed by atoms with van der Waals surface area (Å²) in [5.41, 5.74) is 0. The SMILES string of the molecule is CCCCNC(=O)C1N(CCCCO)C(=O)[C@@H]2[C@H](C(=O)NC)[C@]3(C)CCC12S3. The van der Waals surface area contributed by atoms with Gasteiger partial charge >= 0.3 is 0 Å². The number of fused-ring (bicyclic) bond motifs is 1. The molecule has 8 heteroatoms. The molecule has 0 aromatic rings. The second-order valence-corrected chi connectivity index (χ2v) is 10.3. The Morgan fingerprint density at radius 1 is 1.25 bits per heavy atom. The molecule has 7 nitrogen and oxygen atoms in total. The van der Waals surface area contributed by atoms with Crippen molar-refractivity contribution in [3.8, 4) is 0 Å². The molecular formula is C20H33N3O4S.